The Morgan fingerprint density at radius 3 is 2.73 bits per heavy atom. The summed E-state index contributed by atoms with van der Waals surface area (Å²) < 4.78 is 19.6. The van der Waals surface area contributed by atoms with Gasteiger partial charge in [0.15, 0.2) is 5.82 Å². The number of aromatic nitrogens is 2. The van der Waals surface area contributed by atoms with Crippen molar-refractivity contribution in [2.45, 2.75) is 26.9 Å². The first-order valence-electron chi connectivity index (χ1n) is 6.57. The minimum Gasteiger partial charge on any atom is -0.473 e. The molecule has 1 aromatic heterocycles. The number of nitrogens with zero attached hydrogens (tertiary/aromatic N) is 3. The minimum absolute atomic E-state index is 0.0659. The van der Waals surface area contributed by atoms with E-state index in [0.29, 0.717) is 21.8 Å². The molecule has 0 radical (unpaired) electrons. The van der Waals surface area contributed by atoms with E-state index in [1.165, 1.54) is 6.33 Å². The lowest BCUT2D eigenvalue weighted by Gasteiger charge is -2.13. The van der Waals surface area contributed by atoms with Crippen molar-refractivity contribution in [3.8, 4) is 11.9 Å². The predicted octanol–water partition coefficient (Wildman–Crippen LogP) is 3.98. The van der Waals surface area contributed by atoms with E-state index in [-0.39, 0.29) is 17.8 Å². The maximum atomic E-state index is 14.3. The predicted molar refractivity (Wildman–Crippen MR) is 81.9 cm³/mol. The smallest absolute Gasteiger partial charge is 0.256 e. The van der Waals surface area contributed by atoms with E-state index in [4.69, 9.17) is 16.3 Å². The summed E-state index contributed by atoms with van der Waals surface area (Å²) in [5, 5.41) is 12.5. The molecule has 0 saturated carbocycles. The van der Waals surface area contributed by atoms with E-state index in [1.807, 2.05) is 6.07 Å². The molecule has 0 unspecified atom stereocenters. The van der Waals surface area contributed by atoms with Gasteiger partial charge in [-0.15, -0.1) is 0 Å². The number of hydrogen-bond acceptors (Lipinski definition) is 5. The monoisotopic (exact) mass is 320 g/mol. The average molecular weight is 321 g/mol. The number of benzene rings is 1. The highest BCUT2D eigenvalue weighted by Crippen LogP contribution is 2.29. The van der Waals surface area contributed by atoms with Crippen molar-refractivity contribution in [1.29, 1.82) is 5.26 Å². The van der Waals surface area contributed by atoms with Crippen LogP contribution in [0.1, 0.15) is 25.0 Å². The molecule has 0 atom stereocenters. The zero-order valence-electron chi connectivity index (χ0n) is 12.3. The first kappa shape index (κ1) is 16.0. The lowest BCUT2D eigenvalue weighted by atomic mass is 10.1. The van der Waals surface area contributed by atoms with Gasteiger partial charge in [-0.1, -0.05) is 11.6 Å². The molecule has 1 heterocycles. The highest BCUT2D eigenvalue weighted by Gasteiger charge is 2.16. The molecule has 0 amide bonds. The number of nitrogens with one attached hydrogen (secondary N) is 1. The van der Waals surface area contributed by atoms with E-state index < -0.39 is 5.82 Å². The van der Waals surface area contributed by atoms with E-state index in [2.05, 4.69) is 15.3 Å². The second kappa shape index (κ2) is 6.58. The Morgan fingerprint density at radius 1 is 1.36 bits per heavy atom. The van der Waals surface area contributed by atoms with Gasteiger partial charge in [0, 0.05) is 5.02 Å². The van der Waals surface area contributed by atoms with Gasteiger partial charge in [0.2, 0.25) is 5.82 Å². The highest BCUT2D eigenvalue weighted by atomic mass is 35.5. The molecular weight excluding hydrogens is 307 g/mol. The van der Waals surface area contributed by atoms with Gasteiger partial charge in [-0.3, -0.25) is 0 Å². The standard InChI is InChI=1S/C15H14ClFN4O/c1-8(2)22-15-13(17)14(19-7-20-15)21-12-5-4-11(16)9(3)10(12)6-18/h4-5,7-8H,1-3H3,(H,19,20,21). The Hall–Kier alpha value is -2.39. The molecule has 0 aliphatic heterocycles. The summed E-state index contributed by atoms with van der Waals surface area (Å²) in [5.74, 6) is -0.923. The van der Waals surface area contributed by atoms with E-state index in [0.717, 1.165) is 0 Å². The zero-order valence-corrected chi connectivity index (χ0v) is 13.1. The summed E-state index contributed by atoms with van der Waals surface area (Å²) in [4.78, 5) is 7.61. The third-order valence-electron chi connectivity index (χ3n) is 2.87. The van der Waals surface area contributed by atoms with E-state index in [1.54, 1.807) is 32.9 Å². The van der Waals surface area contributed by atoms with Crippen LogP contribution in [0.5, 0.6) is 5.88 Å². The summed E-state index contributed by atoms with van der Waals surface area (Å²) in [5.41, 5.74) is 1.36. The Kier molecular flexibility index (Phi) is 4.78. The van der Waals surface area contributed by atoms with Crippen molar-refractivity contribution in [3.05, 3.63) is 40.4 Å². The third-order valence-corrected chi connectivity index (χ3v) is 3.28. The Labute approximate surface area is 132 Å². The lowest BCUT2D eigenvalue weighted by molar-refractivity contribution is 0.220. The van der Waals surface area contributed by atoms with Crippen LogP contribution in [0, 0.1) is 24.1 Å². The fourth-order valence-corrected chi connectivity index (χ4v) is 1.97. The van der Waals surface area contributed by atoms with Crippen LogP contribution in [0.3, 0.4) is 0 Å². The Bertz CT molecular complexity index is 743. The highest BCUT2D eigenvalue weighted by molar-refractivity contribution is 6.31. The molecule has 0 bridgehead atoms. The molecule has 0 saturated heterocycles. The van der Waals surface area contributed by atoms with Crippen molar-refractivity contribution in [2.75, 3.05) is 5.32 Å². The molecule has 7 heteroatoms. The number of rotatable bonds is 4. The molecule has 114 valence electrons. The molecule has 0 aliphatic rings. The average Bonchev–Trinajstić information content (AvgIpc) is 2.47. The quantitative estimate of drug-likeness (QED) is 0.922. The first-order chi connectivity index (χ1) is 10.4. The molecule has 2 rings (SSSR count). The molecule has 22 heavy (non-hydrogen) atoms. The summed E-state index contributed by atoms with van der Waals surface area (Å²) in [7, 11) is 0. The molecule has 0 fully saturated rings. The fraction of sp³-hybridized carbons (Fsp3) is 0.267. The van der Waals surface area contributed by atoms with Gasteiger partial charge in [0.1, 0.15) is 12.4 Å². The number of anilines is 2. The Morgan fingerprint density at radius 2 is 2.09 bits per heavy atom. The molecule has 0 spiro atoms. The van der Waals surface area contributed by atoms with Crippen LogP contribution >= 0.6 is 11.6 Å². The topological polar surface area (TPSA) is 70.8 Å². The van der Waals surface area contributed by atoms with Crippen molar-refractivity contribution in [3.63, 3.8) is 0 Å². The van der Waals surface area contributed by atoms with Gasteiger partial charge in [-0.2, -0.15) is 14.6 Å². The van der Waals surface area contributed by atoms with Crippen LogP contribution in [-0.4, -0.2) is 16.1 Å². The zero-order chi connectivity index (χ0) is 16.3. The van der Waals surface area contributed by atoms with Gasteiger partial charge in [-0.05, 0) is 38.5 Å². The van der Waals surface area contributed by atoms with Crippen LogP contribution in [0.2, 0.25) is 5.02 Å². The van der Waals surface area contributed by atoms with E-state index in [9.17, 15) is 9.65 Å². The van der Waals surface area contributed by atoms with Crippen molar-refractivity contribution in [2.24, 2.45) is 0 Å². The van der Waals surface area contributed by atoms with Crippen LogP contribution < -0.4 is 10.1 Å². The normalized spacial score (nSPS) is 10.4. The Balaban J connectivity index is 2.40. The summed E-state index contributed by atoms with van der Waals surface area (Å²) in [6, 6.07) is 5.27. The second-order valence-corrected chi connectivity index (χ2v) is 5.25. The third kappa shape index (κ3) is 3.26. The second-order valence-electron chi connectivity index (χ2n) is 4.84. The largest absolute Gasteiger partial charge is 0.473 e. The van der Waals surface area contributed by atoms with Gasteiger partial charge >= 0.3 is 0 Å². The minimum atomic E-state index is -0.715. The van der Waals surface area contributed by atoms with Gasteiger partial charge < -0.3 is 10.1 Å². The summed E-state index contributed by atoms with van der Waals surface area (Å²) in [6.07, 6.45) is 0.975. The number of hydrogen-bond donors (Lipinski definition) is 1. The maximum absolute atomic E-state index is 14.3. The van der Waals surface area contributed by atoms with Crippen molar-refractivity contribution < 1.29 is 9.13 Å². The number of nitriles is 1. The van der Waals surface area contributed by atoms with Gasteiger partial charge in [0.25, 0.3) is 5.88 Å². The van der Waals surface area contributed by atoms with Crippen LogP contribution in [0.25, 0.3) is 0 Å². The SMILES string of the molecule is Cc1c(Cl)ccc(Nc2ncnc(OC(C)C)c2F)c1C#N. The number of ether oxygens (including phenoxy) is 1. The van der Waals surface area contributed by atoms with Crippen LogP contribution in [0.15, 0.2) is 18.5 Å². The fourth-order valence-electron chi connectivity index (χ4n) is 1.81. The molecule has 1 aromatic carbocycles. The van der Waals surface area contributed by atoms with Crippen LogP contribution in [0.4, 0.5) is 15.9 Å². The number of halogens is 2. The molecule has 5 nitrogen and oxygen atoms in total. The van der Waals surface area contributed by atoms with Crippen molar-refractivity contribution in [1.82, 2.24) is 9.97 Å². The van der Waals surface area contributed by atoms with Crippen LogP contribution in [-0.2, 0) is 0 Å². The van der Waals surface area contributed by atoms with Gasteiger partial charge in [0.05, 0.1) is 17.4 Å². The molecule has 0 aliphatic carbocycles. The van der Waals surface area contributed by atoms with Gasteiger partial charge in [-0.25, -0.2) is 4.98 Å². The first-order valence-corrected chi connectivity index (χ1v) is 6.95. The molecule has 2 aromatic rings. The summed E-state index contributed by atoms with van der Waals surface area (Å²) in [6.45, 7) is 5.26. The lowest BCUT2D eigenvalue weighted by Crippen LogP contribution is -2.10. The molecule has 1 N–H and O–H groups in total. The van der Waals surface area contributed by atoms with Crippen molar-refractivity contribution >= 4 is 23.1 Å². The summed E-state index contributed by atoms with van der Waals surface area (Å²) >= 11 is 5.98. The maximum Gasteiger partial charge on any atom is 0.256 e. The van der Waals surface area contributed by atoms with E-state index >= 15 is 0 Å². The molecular formula is C15H14ClFN4O.